The lowest BCUT2D eigenvalue weighted by Gasteiger charge is -2.23. The minimum Gasteiger partial charge on any atom is -0.480 e. The Bertz CT molecular complexity index is 2140. The van der Waals surface area contributed by atoms with Crippen molar-refractivity contribution in [3.63, 3.8) is 0 Å². The van der Waals surface area contributed by atoms with Gasteiger partial charge < -0.3 is 20.1 Å². The van der Waals surface area contributed by atoms with Crippen LogP contribution in [0.5, 0.6) is 5.88 Å². The van der Waals surface area contributed by atoms with E-state index in [4.69, 9.17) is 37.7 Å². The average molecular weight is 699 g/mol. The summed E-state index contributed by atoms with van der Waals surface area (Å²) in [5, 5.41) is 6.92. The van der Waals surface area contributed by atoms with E-state index in [-0.39, 0.29) is 27.4 Å². The third-order valence-electron chi connectivity index (χ3n) is 8.30. The minimum atomic E-state index is -2.96. The molecule has 1 fully saturated rings. The first-order valence-corrected chi connectivity index (χ1v) is 15.8. The summed E-state index contributed by atoms with van der Waals surface area (Å²) in [6, 6.07) is 11.8. The Morgan fingerprint density at radius 3 is 2.40 bits per heavy atom. The van der Waals surface area contributed by atoms with Crippen LogP contribution in [0.3, 0.4) is 0 Å². The fraction of sp³-hybridized carbons (Fsp3) is 0.303. The number of ether oxygens (including phenoxy) is 2. The largest absolute Gasteiger partial charge is 0.480 e. The summed E-state index contributed by atoms with van der Waals surface area (Å²) in [6.45, 7) is 1.93. The number of rotatable bonds is 9. The van der Waals surface area contributed by atoms with Gasteiger partial charge in [0.1, 0.15) is 22.6 Å². The maximum Gasteiger partial charge on any atom is 0.330 e. The van der Waals surface area contributed by atoms with Crippen molar-refractivity contribution in [1.29, 1.82) is 0 Å². The lowest BCUT2D eigenvalue weighted by molar-refractivity contribution is 0.0774. The molecule has 0 bridgehead atoms. The zero-order chi connectivity index (χ0) is 34.1. The molecule has 0 aliphatic carbocycles. The lowest BCUT2D eigenvalue weighted by Crippen LogP contribution is -2.37. The Morgan fingerprint density at radius 2 is 1.69 bits per heavy atom. The van der Waals surface area contributed by atoms with E-state index >= 15 is 0 Å². The molecule has 15 heteroatoms. The first-order chi connectivity index (χ1) is 23.1. The fourth-order valence-corrected chi connectivity index (χ4v) is 6.27. The molecule has 6 rings (SSSR count). The Hall–Kier alpha value is -4.43. The van der Waals surface area contributed by atoms with Crippen molar-refractivity contribution < 1.29 is 18.3 Å². The summed E-state index contributed by atoms with van der Waals surface area (Å²) in [4.78, 5) is 39.1. The van der Waals surface area contributed by atoms with E-state index in [2.05, 4.69) is 20.6 Å². The van der Waals surface area contributed by atoms with Crippen molar-refractivity contribution in [3.05, 3.63) is 90.9 Å². The predicted molar refractivity (Wildman–Crippen MR) is 181 cm³/mol. The Morgan fingerprint density at radius 1 is 1.00 bits per heavy atom. The quantitative estimate of drug-likeness (QED) is 0.190. The first kappa shape index (κ1) is 33.5. The standard InChI is InChI=1S/C33H31Cl2F2N7O4/c1-43-25-14-22(29(36)37)41-30(26(25)32(45)44(2)33(43)46)40-21-9-5-7-19(28(21)35)18-6-4-8-20(27(18)34)23-15-39-24(31(42-23)47-3)16-38-17-10-12-48-13-11-17/h4-9,14-15,17,29,38H,10-13,16H2,1-3H3,(H,40,41). The van der Waals surface area contributed by atoms with Crippen LogP contribution in [-0.4, -0.2) is 50.5 Å². The van der Waals surface area contributed by atoms with Gasteiger partial charge in [0, 0.05) is 56.6 Å². The number of methoxy groups -OCH3 is 1. The molecule has 0 saturated carbocycles. The Labute approximate surface area is 283 Å². The van der Waals surface area contributed by atoms with Crippen LogP contribution in [0.2, 0.25) is 10.0 Å². The van der Waals surface area contributed by atoms with E-state index in [1.54, 1.807) is 42.6 Å². The number of hydrogen-bond acceptors (Lipinski definition) is 9. The van der Waals surface area contributed by atoms with E-state index in [0.29, 0.717) is 51.6 Å². The summed E-state index contributed by atoms with van der Waals surface area (Å²) < 4.78 is 40.7. The zero-order valence-corrected chi connectivity index (χ0v) is 27.7. The van der Waals surface area contributed by atoms with Gasteiger partial charge in [0.2, 0.25) is 5.88 Å². The van der Waals surface area contributed by atoms with E-state index in [0.717, 1.165) is 41.3 Å². The van der Waals surface area contributed by atoms with Gasteiger partial charge in [-0.15, -0.1) is 0 Å². The number of aromatic nitrogens is 5. The summed E-state index contributed by atoms with van der Waals surface area (Å²) in [6.07, 6.45) is 0.514. The van der Waals surface area contributed by atoms with E-state index in [1.165, 1.54) is 21.2 Å². The Balaban J connectivity index is 1.36. The molecule has 2 N–H and O–H groups in total. The Kier molecular flexibility index (Phi) is 9.74. The molecule has 1 aliphatic heterocycles. The summed E-state index contributed by atoms with van der Waals surface area (Å²) in [5.41, 5.74) is 1.10. The number of nitrogens with zero attached hydrogens (tertiary/aromatic N) is 5. The predicted octanol–water partition coefficient (Wildman–Crippen LogP) is 6.02. The first-order valence-electron chi connectivity index (χ1n) is 15.0. The topological polar surface area (TPSA) is 125 Å². The molecule has 1 aliphatic rings. The number of halogens is 4. The molecular weight excluding hydrogens is 667 g/mol. The highest BCUT2D eigenvalue weighted by molar-refractivity contribution is 6.39. The molecule has 5 aromatic rings. The number of benzene rings is 2. The van der Waals surface area contributed by atoms with Crippen molar-refractivity contribution in [2.45, 2.75) is 31.9 Å². The van der Waals surface area contributed by atoms with Crippen molar-refractivity contribution in [2.24, 2.45) is 14.1 Å². The number of aryl methyl sites for hydroxylation is 1. The van der Waals surface area contributed by atoms with Gasteiger partial charge >= 0.3 is 5.69 Å². The molecule has 2 aromatic carbocycles. The van der Waals surface area contributed by atoms with Crippen LogP contribution < -0.4 is 26.6 Å². The third kappa shape index (κ3) is 6.38. The van der Waals surface area contributed by atoms with Crippen molar-refractivity contribution in [3.8, 4) is 28.3 Å². The monoisotopic (exact) mass is 697 g/mol. The van der Waals surface area contributed by atoms with E-state index in [9.17, 15) is 18.4 Å². The number of pyridine rings is 1. The van der Waals surface area contributed by atoms with E-state index in [1.807, 2.05) is 0 Å². The van der Waals surface area contributed by atoms with Crippen LogP contribution in [0.15, 0.2) is 58.3 Å². The molecular formula is C33H31Cl2F2N7O4. The van der Waals surface area contributed by atoms with Crippen LogP contribution in [0, 0.1) is 0 Å². The van der Waals surface area contributed by atoms with Gasteiger partial charge in [0.15, 0.2) is 0 Å². The van der Waals surface area contributed by atoms with Crippen LogP contribution in [0.25, 0.3) is 33.3 Å². The molecule has 0 atom stereocenters. The van der Waals surface area contributed by atoms with Crippen LogP contribution >= 0.6 is 23.2 Å². The van der Waals surface area contributed by atoms with Crippen molar-refractivity contribution >= 4 is 45.6 Å². The highest BCUT2D eigenvalue weighted by Crippen LogP contribution is 2.42. The molecule has 1 saturated heterocycles. The number of alkyl halides is 2. The van der Waals surface area contributed by atoms with Gasteiger partial charge in [-0.25, -0.2) is 23.5 Å². The minimum absolute atomic E-state index is 0.000784. The second-order valence-corrected chi connectivity index (χ2v) is 12.0. The normalized spacial score (nSPS) is 13.8. The van der Waals surface area contributed by atoms with Gasteiger partial charge in [0.25, 0.3) is 12.0 Å². The number of fused-ring (bicyclic) bond motifs is 1. The van der Waals surface area contributed by atoms with Gasteiger partial charge in [-0.1, -0.05) is 53.5 Å². The third-order valence-corrected chi connectivity index (χ3v) is 9.11. The molecule has 48 heavy (non-hydrogen) atoms. The molecule has 250 valence electrons. The average Bonchev–Trinajstić information content (AvgIpc) is 3.10. The van der Waals surface area contributed by atoms with Gasteiger partial charge in [-0.2, -0.15) is 0 Å². The molecule has 0 unspecified atom stereocenters. The molecule has 11 nitrogen and oxygen atoms in total. The highest BCUT2D eigenvalue weighted by Gasteiger charge is 2.22. The van der Waals surface area contributed by atoms with Crippen LogP contribution in [0.4, 0.5) is 20.3 Å². The fourth-order valence-electron chi connectivity index (χ4n) is 5.67. The number of nitrogens with one attached hydrogen (secondary N) is 2. The second-order valence-electron chi connectivity index (χ2n) is 11.2. The summed E-state index contributed by atoms with van der Waals surface area (Å²) in [7, 11) is 4.23. The van der Waals surface area contributed by atoms with Crippen LogP contribution in [0.1, 0.15) is 30.7 Å². The molecule has 0 amide bonds. The second kappa shape index (κ2) is 14.0. The van der Waals surface area contributed by atoms with Gasteiger partial charge in [0.05, 0.1) is 40.2 Å². The summed E-state index contributed by atoms with van der Waals surface area (Å²) >= 11 is 13.9. The maximum atomic E-state index is 13.9. The molecule has 0 radical (unpaired) electrons. The van der Waals surface area contributed by atoms with Gasteiger partial charge in [-0.05, 0) is 25.0 Å². The maximum absolute atomic E-state index is 13.9. The lowest BCUT2D eigenvalue weighted by atomic mass is 10.0. The van der Waals surface area contributed by atoms with Crippen LogP contribution in [-0.2, 0) is 25.4 Å². The van der Waals surface area contributed by atoms with Crippen molar-refractivity contribution in [2.75, 3.05) is 25.6 Å². The highest BCUT2D eigenvalue weighted by atomic mass is 35.5. The van der Waals surface area contributed by atoms with Gasteiger partial charge in [-0.3, -0.25) is 18.9 Å². The molecule has 3 aromatic heterocycles. The SMILES string of the molecule is COc1nc(-c2cccc(-c3cccc(Nc4nc(C(F)F)cc5c4c(=O)n(C)c(=O)n5C)c3Cl)c2Cl)cnc1CNC1CCOCC1. The molecule has 0 spiro atoms. The smallest absolute Gasteiger partial charge is 0.330 e. The van der Waals surface area contributed by atoms with E-state index < -0.39 is 23.4 Å². The van der Waals surface area contributed by atoms with Crippen molar-refractivity contribution in [1.82, 2.24) is 29.4 Å². The summed E-state index contributed by atoms with van der Waals surface area (Å²) in [5.74, 6) is 0.193. The zero-order valence-electron chi connectivity index (χ0n) is 26.2. The molecule has 4 heterocycles. The number of anilines is 2. The number of hydrogen-bond donors (Lipinski definition) is 2.